The summed E-state index contributed by atoms with van der Waals surface area (Å²) >= 11 is 0. The molecule has 0 aromatic heterocycles. The standard InChI is InChI=1S/C13H17N3O5/c1-3-5-14(6-4-2)13-11(15(18)19)7-10(9-17)8-12(13)16(20)21/h7-9H,3-6H2,1-2H3. The van der Waals surface area contributed by atoms with Crippen molar-refractivity contribution < 1.29 is 14.6 Å². The van der Waals surface area contributed by atoms with Gasteiger partial charge < -0.3 is 4.90 Å². The summed E-state index contributed by atoms with van der Waals surface area (Å²) in [6.07, 6.45) is 1.77. The normalized spacial score (nSPS) is 10.2. The molecule has 0 aliphatic heterocycles. The average Bonchev–Trinajstić information content (AvgIpc) is 2.45. The maximum absolute atomic E-state index is 11.2. The highest BCUT2D eigenvalue weighted by Crippen LogP contribution is 2.38. The fourth-order valence-electron chi connectivity index (χ4n) is 2.17. The Morgan fingerprint density at radius 1 is 1.05 bits per heavy atom. The first-order valence-corrected chi connectivity index (χ1v) is 6.63. The molecule has 8 nitrogen and oxygen atoms in total. The maximum atomic E-state index is 11.2. The van der Waals surface area contributed by atoms with Gasteiger partial charge in [0.05, 0.1) is 9.85 Å². The van der Waals surface area contributed by atoms with Crippen LogP contribution < -0.4 is 4.90 Å². The van der Waals surface area contributed by atoms with Crippen LogP contribution in [0.25, 0.3) is 0 Å². The maximum Gasteiger partial charge on any atom is 0.300 e. The number of nitrogens with zero attached hydrogens (tertiary/aromatic N) is 3. The summed E-state index contributed by atoms with van der Waals surface area (Å²) < 4.78 is 0. The number of rotatable bonds is 8. The lowest BCUT2D eigenvalue weighted by molar-refractivity contribution is -0.392. The van der Waals surface area contributed by atoms with E-state index in [1.54, 1.807) is 4.90 Å². The third-order valence-electron chi connectivity index (χ3n) is 2.92. The second-order valence-electron chi connectivity index (χ2n) is 4.53. The number of carbonyl (C=O) groups is 1. The Kier molecular flexibility index (Phi) is 5.77. The van der Waals surface area contributed by atoms with E-state index >= 15 is 0 Å². The molecule has 0 atom stereocenters. The zero-order valence-electron chi connectivity index (χ0n) is 11.9. The van der Waals surface area contributed by atoms with Crippen LogP contribution in [0.15, 0.2) is 12.1 Å². The Bertz CT molecular complexity index is 518. The molecule has 0 aliphatic rings. The molecular formula is C13H17N3O5. The lowest BCUT2D eigenvalue weighted by atomic mass is 10.1. The molecule has 114 valence electrons. The third kappa shape index (κ3) is 3.74. The molecular weight excluding hydrogens is 278 g/mol. The second kappa shape index (κ2) is 7.32. The highest BCUT2D eigenvalue weighted by Gasteiger charge is 2.30. The number of nitro groups is 2. The number of anilines is 1. The van der Waals surface area contributed by atoms with Crippen LogP contribution in [0.1, 0.15) is 37.0 Å². The Labute approximate surface area is 121 Å². The van der Waals surface area contributed by atoms with Crippen LogP contribution in [0.4, 0.5) is 17.1 Å². The van der Waals surface area contributed by atoms with Crippen LogP contribution in [0, 0.1) is 20.2 Å². The SMILES string of the molecule is CCCN(CCC)c1c([N+](=O)[O-])cc(C=O)cc1[N+](=O)[O-]. The number of hydrogen-bond donors (Lipinski definition) is 0. The zero-order chi connectivity index (χ0) is 16.0. The van der Waals surface area contributed by atoms with Crippen LogP contribution in [0.3, 0.4) is 0 Å². The van der Waals surface area contributed by atoms with E-state index < -0.39 is 21.2 Å². The Morgan fingerprint density at radius 2 is 1.48 bits per heavy atom. The second-order valence-corrected chi connectivity index (χ2v) is 4.53. The predicted molar refractivity (Wildman–Crippen MR) is 77.9 cm³/mol. The van der Waals surface area contributed by atoms with Crippen molar-refractivity contribution in [2.24, 2.45) is 0 Å². The van der Waals surface area contributed by atoms with Gasteiger partial charge in [-0.3, -0.25) is 25.0 Å². The molecule has 0 radical (unpaired) electrons. The molecule has 0 aliphatic carbocycles. The van der Waals surface area contributed by atoms with Crippen molar-refractivity contribution >= 4 is 23.3 Å². The van der Waals surface area contributed by atoms with Crippen LogP contribution >= 0.6 is 0 Å². The van der Waals surface area contributed by atoms with Crippen LogP contribution in [0.2, 0.25) is 0 Å². The molecule has 0 bridgehead atoms. The molecule has 0 fully saturated rings. The van der Waals surface area contributed by atoms with Gasteiger partial charge in [-0.25, -0.2) is 0 Å². The van der Waals surface area contributed by atoms with Crippen molar-refractivity contribution in [2.45, 2.75) is 26.7 Å². The molecule has 0 N–H and O–H groups in total. The molecule has 1 aromatic carbocycles. The first-order valence-electron chi connectivity index (χ1n) is 6.63. The van der Waals surface area contributed by atoms with E-state index in [1.807, 2.05) is 13.8 Å². The summed E-state index contributed by atoms with van der Waals surface area (Å²) in [6.45, 7) is 4.71. The highest BCUT2D eigenvalue weighted by molar-refractivity contribution is 5.85. The van der Waals surface area contributed by atoms with Gasteiger partial charge in [0, 0.05) is 30.8 Å². The molecule has 0 amide bonds. The van der Waals surface area contributed by atoms with E-state index in [-0.39, 0.29) is 11.3 Å². The quantitative estimate of drug-likeness (QED) is 0.414. The fourth-order valence-corrected chi connectivity index (χ4v) is 2.17. The van der Waals surface area contributed by atoms with Crippen molar-refractivity contribution in [3.63, 3.8) is 0 Å². The van der Waals surface area contributed by atoms with Gasteiger partial charge in [0.25, 0.3) is 11.4 Å². The van der Waals surface area contributed by atoms with Crippen LogP contribution in [-0.2, 0) is 0 Å². The van der Waals surface area contributed by atoms with Gasteiger partial charge in [0.15, 0.2) is 12.0 Å². The molecule has 0 saturated heterocycles. The third-order valence-corrected chi connectivity index (χ3v) is 2.92. The minimum absolute atomic E-state index is 0.0284. The lowest BCUT2D eigenvalue weighted by Crippen LogP contribution is -2.26. The summed E-state index contributed by atoms with van der Waals surface area (Å²) in [5, 5.41) is 22.4. The van der Waals surface area contributed by atoms with E-state index in [9.17, 15) is 25.0 Å². The Balaban J connectivity index is 3.60. The summed E-state index contributed by atoms with van der Waals surface area (Å²) in [5.74, 6) is 0. The minimum Gasteiger partial charge on any atom is -0.360 e. The topological polar surface area (TPSA) is 107 Å². The highest BCUT2D eigenvalue weighted by atomic mass is 16.6. The van der Waals surface area contributed by atoms with Gasteiger partial charge in [-0.15, -0.1) is 0 Å². The zero-order valence-corrected chi connectivity index (χ0v) is 11.9. The number of nitro benzene ring substituents is 2. The van der Waals surface area contributed by atoms with Crippen molar-refractivity contribution in [3.8, 4) is 0 Å². The van der Waals surface area contributed by atoms with Gasteiger partial charge in [-0.1, -0.05) is 13.8 Å². The molecule has 1 aromatic rings. The number of benzene rings is 1. The summed E-state index contributed by atoms with van der Waals surface area (Å²) in [7, 11) is 0. The largest absolute Gasteiger partial charge is 0.360 e. The first-order chi connectivity index (χ1) is 9.96. The minimum atomic E-state index is -0.687. The molecule has 0 spiro atoms. The summed E-state index contributed by atoms with van der Waals surface area (Å²) in [5.41, 5.74) is -0.925. The van der Waals surface area contributed by atoms with E-state index in [1.165, 1.54) is 0 Å². The first kappa shape index (κ1) is 16.5. The number of hydrogen-bond acceptors (Lipinski definition) is 6. The lowest BCUT2D eigenvalue weighted by Gasteiger charge is -2.23. The molecule has 1 rings (SSSR count). The average molecular weight is 295 g/mol. The molecule has 21 heavy (non-hydrogen) atoms. The molecule has 0 saturated carbocycles. The number of carbonyl (C=O) groups excluding carboxylic acids is 1. The molecule has 0 heterocycles. The predicted octanol–water partition coefficient (Wildman–Crippen LogP) is 2.94. The van der Waals surface area contributed by atoms with Gasteiger partial charge >= 0.3 is 0 Å². The Morgan fingerprint density at radius 3 is 1.76 bits per heavy atom. The van der Waals surface area contributed by atoms with Crippen LogP contribution in [0.5, 0.6) is 0 Å². The van der Waals surface area contributed by atoms with Gasteiger partial charge in [0.2, 0.25) is 0 Å². The van der Waals surface area contributed by atoms with E-state index in [0.717, 1.165) is 12.1 Å². The van der Waals surface area contributed by atoms with E-state index in [4.69, 9.17) is 0 Å². The van der Waals surface area contributed by atoms with Crippen molar-refractivity contribution in [2.75, 3.05) is 18.0 Å². The van der Waals surface area contributed by atoms with Gasteiger partial charge in [-0.2, -0.15) is 0 Å². The van der Waals surface area contributed by atoms with Crippen LogP contribution in [-0.4, -0.2) is 29.2 Å². The summed E-state index contributed by atoms with van der Waals surface area (Å²) in [4.78, 5) is 33.5. The fraction of sp³-hybridized carbons (Fsp3) is 0.462. The van der Waals surface area contributed by atoms with Gasteiger partial charge in [0.1, 0.15) is 0 Å². The smallest absolute Gasteiger partial charge is 0.300 e. The van der Waals surface area contributed by atoms with Gasteiger partial charge in [-0.05, 0) is 12.8 Å². The molecule has 0 unspecified atom stereocenters. The van der Waals surface area contributed by atoms with E-state index in [2.05, 4.69) is 0 Å². The van der Waals surface area contributed by atoms with E-state index in [0.29, 0.717) is 32.2 Å². The number of aldehydes is 1. The molecule has 8 heteroatoms. The Hall–Kier alpha value is -2.51. The van der Waals surface area contributed by atoms with Crippen molar-refractivity contribution in [1.82, 2.24) is 0 Å². The van der Waals surface area contributed by atoms with Crippen molar-refractivity contribution in [3.05, 3.63) is 37.9 Å². The van der Waals surface area contributed by atoms with Crippen molar-refractivity contribution in [1.29, 1.82) is 0 Å². The monoisotopic (exact) mass is 295 g/mol. The summed E-state index contributed by atoms with van der Waals surface area (Å²) in [6, 6.07) is 2.15.